The number of benzene rings is 4. The summed E-state index contributed by atoms with van der Waals surface area (Å²) in [5, 5.41) is 10.0. The summed E-state index contributed by atoms with van der Waals surface area (Å²) in [5.41, 5.74) is 6.56. The van der Waals surface area contributed by atoms with Gasteiger partial charge in [0, 0.05) is 24.8 Å². The van der Waals surface area contributed by atoms with Gasteiger partial charge in [0.1, 0.15) is 42.3 Å². The minimum atomic E-state index is -0.773. The number of anilines is 7. The van der Waals surface area contributed by atoms with E-state index >= 15 is 0 Å². The summed E-state index contributed by atoms with van der Waals surface area (Å²) < 4.78 is 51.1. The lowest BCUT2D eigenvalue weighted by Crippen LogP contribution is -2.38. The Balaban J connectivity index is 0.000000180. The van der Waals surface area contributed by atoms with Crippen molar-refractivity contribution in [1.29, 1.82) is 0 Å². The van der Waals surface area contributed by atoms with Crippen molar-refractivity contribution in [1.82, 2.24) is 58.6 Å². The minimum Gasteiger partial charge on any atom is -0.465 e. The van der Waals surface area contributed by atoms with Gasteiger partial charge in [0.05, 0.1) is 51.9 Å². The van der Waals surface area contributed by atoms with E-state index < -0.39 is 47.0 Å². The van der Waals surface area contributed by atoms with Crippen LogP contribution in [0.2, 0.25) is 0 Å². The molecule has 10 aromatic rings. The van der Waals surface area contributed by atoms with Gasteiger partial charge in [0.15, 0.2) is 50.9 Å². The highest BCUT2D eigenvalue weighted by Gasteiger charge is 2.33. The van der Waals surface area contributed by atoms with Crippen molar-refractivity contribution >= 4 is 111 Å². The number of imidazole rings is 3. The topological polar surface area (TPSA) is 334 Å². The van der Waals surface area contributed by atoms with Crippen molar-refractivity contribution in [2.75, 3.05) is 57.0 Å². The maximum atomic E-state index is 13.7. The third kappa shape index (κ3) is 26.1. The Bertz CT molecular complexity index is 5120. The summed E-state index contributed by atoms with van der Waals surface area (Å²) in [4.78, 5) is 124. The van der Waals surface area contributed by atoms with Crippen LogP contribution in [0.1, 0.15) is 239 Å². The predicted octanol–water partition coefficient (Wildman–Crippen LogP) is 18.9. The molecule has 3 N–H and O–H groups in total. The standard InChI is InChI=1S/C33H39FN6O4.C32H44N6O4.C26H36N6O4/c1-5-43-27(41)20-39-21-35-28-29(36-26-17-15-25(34)16-18-26)37-31(38-30(28)39)40(32(42)44-33(2,3)4)19-22-11-13-24(14-12-22)23-9-7-6-8-10-23;1-5-41-26(39)20-37-21-33-27-28(34-25-13-9-10-14-25)35-30(36-29(27)37)38(31(40)42-32(2,3)4)19-22-15-17-24(18-16-22)23-11-7-6-8-12-23;1-6-8-12-15-32(25(34)36-26(3,4)5)24-29-22(27-16-19-13-10-9-11-14-19)21-23(30-24)31(18-28-21)17-20(33)35-7-2/h11-18,21,23H,5-10,19-20H2,1-4H3,(H,36,37,38);15-18,21,23,25H,5-14,19-20H2,1-4H3,(H,34,35,36);9-11,13-14,18H,6-8,12,15-17H2,1-5H3,(H,27,29,30). The zero-order valence-corrected chi connectivity index (χ0v) is 72.9. The molecule has 3 fully saturated rings. The lowest BCUT2D eigenvalue weighted by atomic mass is 9.84. The number of hydrogen-bond acceptors (Lipinski definition) is 24. The summed E-state index contributed by atoms with van der Waals surface area (Å²) in [7, 11) is 0. The number of carbonyl (C=O) groups excluding carboxylic acids is 6. The van der Waals surface area contributed by atoms with Crippen LogP contribution in [0, 0.1) is 5.82 Å². The molecule has 6 heterocycles. The van der Waals surface area contributed by atoms with E-state index in [4.69, 9.17) is 48.4 Å². The number of nitrogens with zero attached hydrogens (tertiary/aromatic N) is 15. The van der Waals surface area contributed by atoms with Crippen molar-refractivity contribution in [2.24, 2.45) is 0 Å². The molecule has 0 bridgehead atoms. The quantitative estimate of drug-likeness (QED) is 0.0223. The maximum Gasteiger partial charge on any atom is 0.417 e. The summed E-state index contributed by atoms with van der Waals surface area (Å²) >= 11 is 0. The van der Waals surface area contributed by atoms with Crippen LogP contribution in [0.3, 0.4) is 0 Å². The number of amides is 3. The number of unbranched alkanes of at least 4 members (excludes halogenated alkanes) is 2. The van der Waals surface area contributed by atoms with Crippen LogP contribution in [0.25, 0.3) is 33.5 Å². The average molecular weight is 1680 g/mol. The number of hydrogen-bond donors (Lipinski definition) is 3. The molecule has 30 nitrogen and oxygen atoms in total. The van der Waals surface area contributed by atoms with Crippen molar-refractivity contribution in [3.05, 3.63) is 156 Å². The van der Waals surface area contributed by atoms with Crippen LogP contribution in [-0.2, 0) is 82.1 Å². The number of halogens is 1. The highest BCUT2D eigenvalue weighted by atomic mass is 19.1. The first-order chi connectivity index (χ1) is 58.5. The Hall–Kier alpha value is -11.9. The fourth-order valence-corrected chi connectivity index (χ4v) is 14.8. The van der Waals surface area contributed by atoms with E-state index in [1.807, 2.05) is 84.0 Å². The number of aromatic nitrogens is 12. The Morgan fingerprint density at radius 1 is 0.434 bits per heavy atom. The van der Waals surface area contributed by atoms with E-state index in [2.05, 4.69) is 84.2 Å². The fourth-order valence-electron chi connectivity index (χ4n) is 14.8. The first-order valence-electron chi connectivity index (χ1n) is 42.9. The lowest BCUT2D eigenvalue weighted by Gasteiger charge is -2.27. The van der Waals surface area contributed by atoms with Crippen LogP contribution >= 0.6 is 0 Å². The number of esters is 3. The molecular weight excluding hydrogens is 1560 g/mol. The van der Waals surface area contributed by atoms with Crippen LogP contribution in [0.4, 0.5) is 59.8 Å². The third-order valence-corrected chi connectivity index (χ3v) is 20.6. The summed E-state index contributed by atoms with van der Waals surface area (Å²) in [5.74, 6) is 1.26. The van der Waals surface area contributed by atoms with Crippen molar-refractivity contribution in [2.45, 2.75) is 273 Å². The van der Waals surface area contributed by atoms with Gasteiger partial charge in [-0.05, 0) is 192 Å². The van der Waals surface area contributed by atoms with Gasteiger partial charge in [-0.25, -0.2) is 48.4 Å². The third-order valence-electron chi connectivity index (χ3n) is 20.6. The Kier molecular flexibility index (Phi) is 31.7. The van der Waals surface area contributed by atoms with Gasteiger partial charge in [-0.1, -0.05) is 150 Å². The van der Waals surface area contributed by atoms with Crippen LogP contribution in [0.15, 0.2) is 122 Å². The molecule has 13 rings (SSSR count). The summed E-state index contributed by atoms with van der Waals surface area (Å²) in [6.07, 6.45) is 22.5. The Morgan fingerprint density at radius 3 is 1.24 bits per heavy atom. The molecule has 0 saturated heterocycles. The molecule has 3 saturated carbocycles. The van der Waals surface area contributed by atoms with Crippen molar-refractivity contribution in [3.63, 3.8) is 0 Å². The van der Waals surface area contributed by atoms with Crippen molar-refractivity contribution < 1.29 is 61.6 Å². The van der Waals surface area contributed by atoms with E-state index in [1.54, 1.807) is 73.7 Å². The smallest absolute Gasteiger partial charge is 0.417 e. The number of ether oxygens (including phenoxy) is 6. The zero-order valence-electron chi connectivity index (χ0n) is 72.9. The molecule has 0 radical (unpaired) electrons. The Morgan fingerprint density at radius 2 is 0.820 bits per heavy atom. The van der Waals surface area contributed by atoms with Gasteiger partial charge in [0.25, 0.3) is 0 Å². The predicted molar refractivity (Wildman–Crippen MR) is 468 cm³/mol. The molecule has 3 aliphatic rings. The summed E-state index contributed by atoms with van der Waals surface area (Å²) in [6.45, 7) is 25.6. The lowest BCUT2D eigenvalue weighted by molar-refractivity contribution is -0.144. The molecule has 3 aliphatic carbocycles. The molecule has 652 valence electrons. The second-order valence-electron chi connectivity index (χ2n) is 33.9. The first-order valence-corrected chi connectivity index (χ1v) is 42.9. The second-order valence-corrected chi connectivity index (χ2v) is 33.9. The van der Waals surface area contributed by atoms with Gasteiger partial charge in [0.2, 0.25) is 17.8 Å². The van der Waals surface area contributed by atoms with Crippen LogP contribution in [0.5, 0.6) is 0 Å². The molecule has 6 aromatic heterocycles. The zero-order chi connectivity index (χ0) is 87.1. The molecule has 3 amide bonds. The van der Waals surface area contributed by atoms with E-state index in [1.165, 1.54) is 115 Å². The highest BCUT2D eigenvalue weighted by Crippen LogP contribution is 2.37. The summed E-state index contributed by atoms with van der Waals surface area (Å²) in [6, 6.07) is 32.8. The molecule has 4 aromatic carbocycles. The van der Waals surface area contributed by atoms with Gasteiger partial charge in [-0.15, -0.1) is 0 Å². The highest BCUT2D eigenvalue weighted by molar-refractivity contribution is 5.94. The molecule has 122 heavy (non-hydrogen) atoms. The van der Waals surface area contributed by atoms with Gasteiger partial charge in [-0.2, -0.15) is 29.9 Å². The molecular formula is C91H119FN18O12. The fraction of sp³-hybridized carbons (Fsp3) is 0.505. The molecule has 0 spiro atoms. The van der Waals surface area contributed by atoms with Crippen LogP contribution in [-0.4, -0.2) is 144 Å². The Labute approximate surface area is 713 Å². The average Bonchev–Trinajstić information content (AvgIpc) is 1.55. The van der Waals surface area contributed by atoms with Gasteiger partial charge < -0.3 is 58.1 Å². The number of nitrogens with one attached hydrogen (secondary N) is 3. The van der Waals surface area contributed by atoms with Gasteiger partial charge in [-0.3, -0.25) is 14.4 Å². The maximum absolute atomic E-state index is 13.7. The molecule has 0 unspecified atom stereocenters. The molecule has 0 aliphatic heterocycles. The number of carbonyl (C=O) groups is 6. The van der Waals surface area contributed by atoms with E-state index in [0.717, 1.165) is 61.6 Å². The van der Waals surface area contributed by atoms with E-state index in [0.29, 0.717) is 75.7 Å². The minimum absolute atomic E-state index is 0.0429. The van der Waals surface area contributed by atoms with Gasteiger partial charge >= 0.3 is 36.2 Å². The SMILES string of the molecule is CCCCCN(C(=O)OC(C)(C)C)c1nc(NCc2ccccc2)c2ncn(CC(=O)OCC)c2n1.CCOC(=O)Cn1cnc2c(NC3CCCC3)nc(N(Cc3ccc(C4CCCCC4)cc3)C(=O)OC(C)(C)C)nc21.CCOC(=O)Cn1cnc2c(Nc3ccc(F)cc3)nc(N(Cc3ccc(C4CCCCC4)cc3)C(=O)OC(C)(C)C)nc21. The van der Waals surface area contributed by atoms with Crippen LogP contribution < -0.4 is 30.7 Å². The molecule has 31 heteroatoms. The largest absolute Gasteiger partial charge is 0.465 e. The normalized spacial score (nSPS) is 14.0. The van der Waals surface area contributed by atoms with E-state index in [-0.39, 0.29) is 94.0 Å². The van der Waals surface area contributed by atoms with Crippen molar-refractivity contribution in [3.8, 4) is 0 Å². The van der Waals surface area contributed by atoms with E-state index in [9.17, 15) is 33.2 Å². The number of fused-ring (bicyclic) bond motifs is 3. The molecule has 0 atom stereocenters. The first kappa shape index (κ1) is 90.8. The monoisotopic (exact) mass is 1670 g/mol. The second kappa shape index (κ2) is 42.5. The number of rotatable bonds is 29.